The van der Waals surface area contributed by atoms with E-state index in [1.54, 1.807) is 12.1 Å². The molecule has 1 fully saturated rings. The second kappa shape index (κ2) is 10.1. The van der Waals surface area contributed by atoms with E-state index in [4.69, 9.17) is 0 Å². The number of benzene rings is 1. The number of amides is 1. The summed E-state index contributed by atoms with van der Waals surface area (Å²) in [7, 11) is 3.95. The Labute approximate surface area is 189 Å². The van der Waals surface area contributed by atoms with Gasteiger partial charge in [0.15, 0.2) is 11.0 Å². The summed E-state index contributed by atoms with van der Waals surface area (Å²) in [6, 6.07) is 6.50. The number of halogens is 1. The predicted molar refractivity (Wildman–Crippen MR) is 123 cm³/mol. The molecule has 170 valence electrons. The van der Waals surface area contributed by atoms with Crippen LogP contribution in [0, 0.1) is 17.7 Å². The molecule has 2 aromatic rings. The molecule has 6 nitrogen and oxygen atoms in total. The zero-order valence-corrected chi connectivity index (χ0v) is 20.1. The number of carbonyl (C=O) groups excluding carboxylic acids is 1. The molecule has 1 amide bonds. The van der Waals surface area contributed by atoms with Crippen LogP contribution in [0.2, 0.25) is 0 Å². The number of thioether (sulfide) groups is 1. The summed E-state index contributed by atoms with van der Waals surface area (Å²) in [5.74, 6) is 1.58. The van der Waals surface area contributed by atoms with E-state index in [-0.39, 0.29) is 29.1 Å². The zero-order valence-electron chi connectivity index (χ0n) is 19.3. The fourth-order valence-electron chi connectivity index (χ4n) is 3.99. The highest BCUT2D eigenvalue weighted by atomic mass is 32.2. The summed E-state index contributed by atoms with van der Waals surface area (Å²) in [4.78, 5) is 15.0. The molecular weight excluding hydrogens is 413 g/mol. The van der Waals surface area contributed by atoms with Crippen molar-refractivity contribution in [1.82, 2.24) is 25.0 Å². The molecule has 0 bridgehead atoms. The highest BCUT2D eigenvalue weighted by molar-refractivity contribution is 8.00. The van der Waals surface area contributed by atoms with E-state index in [0.717, 1.165) is 24.4 Å². The molecule has 1 aromatic heterocycles. The minimum absolute atomic E-state index is 0.000566. The van der Waals surface area contributed by atoms with Crippen LogP contribution >= 0.6 is 11.8 Å². The van der Waals surface area contributed by atoms with E-state index in [1.165, 1.54) is 30.3 Å². The number of aromatic nitrogens is 3. The molecule has 0 unspecified atom stereocenters. The van der Waals surface area contributed by atoms with Gasteiger partial charge in [-0.25, -0.2) is 4.39 Å². The van der Waals surface area contributed by atoms with Crippen molar-refractivity contribution in [1.29, 1.82) is 0 Å². The Hall–Kier alpha value is -1.93. The van der Waals surface area contributed by atoms with Gasteiger partial charge in [0.25, 0.3) is 0 Å². The summed E-state index contributed by atoms with van der Waals surface area (Å²) in [5.41, 5.74) is 0.778. The Kier molecular flexibility index (Phi) is 7.75. The van der Waals surface area contributed by atoms with Gasteiger partial charge in [0.1, 0.15) is 5.82 Å². The fourth-order valence-corrected chi connectivity index (χ4v) is 4.87. The van der Waals surface area contributed by atoms with Crippen molar-refractivity contribution in [3.05, 3.63) is 35.9 Å². The summed E-state index contributed by atoms with van der Waals surface area (Å²) in [6.45, 7) is 8.43. The first-order valence-electron chi connectivity index (χ1n) is 11.0. The third kappa shape index (κ3) is 5.47. The molecule has 5 atom stereocenters. The standard InChI is InChI=1S/C23H34FN5OS/c1-14-8-7-9-20(15(14)2)25-22(30)17(4)31-23-27-26-21(16(3)28(5)6)29(23)19-12-10-18(24)11-13-19/h10-17,20H,7-9H2,1-6H3,(H,25,30)/t14-,15-,16-,17-,20+/m1/s1. The number of carbonyl (C=O) groups is 1. The number of rotatable bonds is 7. The van der Waals surface area contributed by atoms with Crippen molar-refractivity contribution in [2.75, 3.05) is 14.1 Å². The lowest BCUT2D eigenvalue weighted by Gasteiger charge is -2.35. The highest BCUT2D eigenvalue weighted by Gasteiger charge is 2.30. The van der Waals surface area contributed by atoms with Crippen LogP contribution in [-0.2, 0) is 4.79 Å². The van der Waals surface area contributed by atoms with E-state index in [0.29, 0.717) is 17.0 Å². The van der Waals surface area contributed by atoms with Crippen molar-refractivity contribution in [3.8, 4) is 5.69 Å². The predicted octanol–water partition coefficient (Wildman–Crippen LogP) is 4.45. The fraction of sp³-hybridized carbons (Fsp3) is 0.609. The average molecular weight is 448 g/mol. The second-order valence-corrected chi connectivity index (χ2v) is 10.2. The number of hydrogen-bond acceptors (Lipinski definition) is 5. The first-order chi connectivity index (χ1) is 14.7. The van der Waals surface area contributed by atoms with Crippen molar-refractivity contribution < 1.29 is 9.18 Å². The SMILES string of the molecule is C[C@@H]1[C@H](C)CCC[C@@H]1NC(=O)[C@@H](C)Sc1nnc([C@@H](C)N(C)C)n1-c1ccc(F)cc1. The summed E-state index contributed by atoms with van der Waals surface area (Å²) < 4.78 is 15.4. The molecule has 0 radical (unpaired) electrons. The molecule has 8 heteroatoms. The maximum absolute atomic E-state index is 13.5. The molecule has 31 heavy (non-hydrogen) atoms. The van der Waals surface area contributed by atoms with Crippen molar-refractivity contribution in [3.63, 3.8) is 0 Å². The lowest BCUT2D eigenvalue weighted by molar-refractivity contribution is -0.121. The van der Waals surface area contributed by atoms with E-state index in [9.17, 15) is 9.18 Å². The monoisotopic (exact) mass is 447 g/mol. The van der Waals surface area contributed by atoms with Gasteiger partial charge in [-0.1, -0.05) is 38.5 Å². The molecule has 1 aromatic carbocycles. The highest BCUT2D eigenvalue weighted by Crippen LogP contribution is 2.32. The molecule has 0 saturated heterocycles. The van der Waals surface area contributed by atoms with E-state index < -0.39 is 0 Å². The van der Waals surface area contributed by atoms with Gasteiger partial charge in [-0.05, 0) is 70.5 Å². The summed E-state index contributed by atoms with van der Waals surface area (Å²) in [6.07, 6.45) is 3.42. The molecule has 1 saturated carbocycles. The van der Waals surface area contributed by atoms with Gasteiger partial charge in [-0.3, -0.25) is 14.3 Å². The van der Waals surface area contributed by atoms with Crippen molar-refractivity contribution in [2.45, 2.75) is 69.4 Å². The van der Waals surface area contributed by atoms with Crippen molar-refractivity contribution in [2.24, 2.45) is 11.8 Å². The third-order valence-corrected chi connectivity index (χ3v) is 7.62. The first kappa shape index (κ1) is 23.7. The van der Waals surface area contributed by atoms with Crippen LogP contribution in [0.15, 0.2) is 29.4 Å². The summed E-state index contributed by atoms with van der Waals surface area (Å²) >= 11 is 1.38. The largest absolute Gasteiger partial charge is 0.352 e. The molecule has 1 N–H and O–H groups in total. The van der Waals surface area contributed by atoms with Crippen LogP contribution in [0.1, 0.15) is 58.8 Å². The van der Waals surface area contributed by atoms with Gasteiger partial charge >= 0.3 is 0 Å². The van der Waals surface area contributed by atoms with Crippen LogP contribution in [0.3, 0.4) is 0 Å². The van der Waals surface area contributed by atoms with Gasteiger partial charge < -0.3 is 5.32 Å². The minimum Gasteiger partial charge on any atom is -0.352 e. The molecule has 0 aliphatic heterocycles. The Morgan fingerprint density at radius 3 is 2.52 bits per heavy atom. The molecule has 1 heterocycles. The van der Waals surface area contributed by atoms with Crippen LogP contribution in [0.25, 0.3) is 5.69 Å². The molecule has 0 spiro atoms. The first-order valence-corrected chi connectivity index (χ1v) is 11.9. The van der Waals surface area contributed by atoms with Crippen LogP contribution in [0.5, 0.6) is 0 Å². The lowest BCUT2D eigenvalue weighted by Crippen LogP contribution is -2.46. The van der Waals surface area contributed by atoms with Gasteiger partial charge in [0.2, 0.25) is 5.91 Å². The van der Waals surface area contributed by atoms with Crippen LogP contribution < -0.4 is 5.32 Å². The molecular formula is C23H34FN5OS. The third-order valence-electron chi connectivity index (χ3n) is 6.58. The minimum atomic E-state index is -0.324. The van der Waals surface area contributed by atoms with Crippen molar-refractivity contribution >= 4 is 17.7 Å². The Morgan fingerprint density at radius 2 is 1.87 bits per heavy atom. The number of nitrogens with one attached hydrogen (secondary N) is 1. The lowest BCUT2D eigenvalue weighted by atomic mass is 9.78. The van der Waals surface area contributed by atoms with Gasteiger partial charge in [0, 0.05) is 11.7 Å². The maximum Gasteiger partial charge on any atom is 0.233 e. The molecule has 1 aliphatic rings. The van der Waals surface area contributed by atoms with E-state index in [1.807, 2.05) is 37.4 Å². The Morgan fingerprint density at radius 1 is 1.19 bits per heavy atom. The molecule has 1 aliphatic carbocycles. The Balaban J connectivity index is 1.81. The second-order valence-electron chi connectivity index (χ2n) is 8.93. The zero-order chi connectivity index (χ0) is 22.7. The number of nitrogens with zero attached hydrogens (tertiary/aromatic N) is 4. The van der Waals surface area contributed by atoms with Gasteiger partial charge in [0.05, 0.1) is 11.3 Å². The van der Waals surface area contributed by atoms with Gasteiger partial charge in [-0.15, -0.1) is 10.2 Å². The van der Waals surface area contributed by atoms with E-state index >= 15 is 0 Å². The quantitative estimate of drug-likeness (QED) is 0.636. The van der Waals surface area contributed by atoms with Crippen LogP contribution in [0.4, 0.5) is 4.39 Å². The van der Waals surface area contributed by atoms with Crippen LogP contribution in [-0.4, -0.2) is 51.0 Å². The average Bonchev–Trinajstić information content (AvgIpc) is 3.14. The normalized spacial score (nSPS) is 23.5. The smallest absolute Gasteiger partial charge is 0.233 e. The number of hydrogen-bond donors (Lipinski definition) is 1. The molecule has 3 rings (SSSR count). The Bertz CT molecular complexity index is 885. The van der Waals surface area contributed by atoms with Gasteiger partial charge in [-0.2, -0.15) is 0 Å². The maximum atomic E-state index is 13.5. The van der Waals surface area contributed by atoms with E-state index in [2.05, 4.69) is 29.4 Å². The topological polar surface area (TPSA) is 63.1 Å². The summed E-state index contributed by atoms with van der Waals surface area (Å²) in [5, 5.41) is 12.4.